The standard InChI is InChI=1S/C13H18N4O4/c1-4-14-12(18)8-15-10-7-9(13(19)16(2)3)5-6-11(10)17(20)21/h5-7,15H,4,8H2,1-3H3,(H,14,18). The number of likely N-dealkylation sites (N-methyl/N-ethyl adjacent to an activating group) is 1. The molecule has 0 aromatic heterocycles. The Hall–Kier alpha value is -2.64. The van der Waals surface area contributed by atoms with Gasteiger partial charge < -0.3 is 15.5 Å². The van der Waals surface area contributed by atoms with E-state index in [1.807, 2.05) is 0 Å². The van der Waals surface area contributed by atoms with Gasteiger partial charge in [-0.05, 0) is 19.1 Å². The molecule has 0 bridgehead atoms. The van der Waals surface area contributed by atoms with Crippen LogP contribution in [0.15, 0.2) is 18.2 Å². The topological polar surface area (TPSA) is 105 Å². The van der Waals surface area contributed by atoms with Crippen molar-refractivity contribution in [1.82, 2.24) is 10.2 Å². The van der Waals surface area contributed by atoms with Crippen LogP contribution in [-0.2, 0) is 4.79 Å². The van der Waals surface area contributed by atoms with Crippen molar-refractivity contribution in [3.63, 3.8) is 0 Å². The lowest BCUT2D eigenvalue weighted by Crippen LogP contribution is -2.29. The van der Waals surface area contributed by atoms with Crippen LogP contribution < -0.4 is 10.6 Å². The number of rotatable bonds is 6. The summed E-state index contributed by atoms with van der Waals surface area (Å²) in [7, 11) is 3.18. The average Bonchev–Trinajstić information content (AvgIpc) is 2.44. The van der Waals surface area contributed by atoms with E-state index >= 15 is 0 Å². The van der Waals surface area contributed by atoms with Crippen LogP contribution in [0.1, 0.15) is 17.3 Å². The third-order valence-corrected chi connectivity index (χ3v) is 2.66. The van der Waals surface area contributed by atoms with Gasteiger partial charge in [-0.3, -0.25) is 19.7 Å². The monoisotopic (exact) mass is 294 g/mol. The molecule has 1 rings (SSSR count). The molecule has 1 aromatic carbocycles. The summed E-state index contributed by atoms with van der Waals surface area (Å²) in [4.78, 5) is 35.1. The van der Waals surface area contributed by atoms with Crippen molar-refractivity contribution in [2.75, 3.05) is 32.5 Å². The third-order valence-electron chi connectivity index (χ3n) is 2.66. The van der Waals surface area contributed by atoms with Crippen molar-refractivity contribution in [3.05, 3.63) is 33.9 Å². The van der Waals surface area contributed by atoms with E-state index in [4.69, 9.17) is 0 Å². The predicted octanol–water partition coefficient (Wildman–Crippen LogP) is 0.845. The lowest BCUT2D eigenvalue weighted by Gasteiger charge is -2.12. The highest BCUT2D eigenvalue weighted by atomic mass is 16.6. The van der Waals surface area contributed by atoms with Crippen molar-refractivity contribution in [2.24, 2.45) is 0 Å². The van der Waals surface area contributed by atoms with Crippen LogP contribution in [0, 0.1) is 10.1 Å². The van der Waals surface area contributed by atoms with Gasteiger partial charge in [0, 0.05) is 32.3 Å². The van der Waals surface area contributed by atoms with E-state index in [0.29, 0.717) is 12.1 Å². The van der Waals surface area contributed by atoms with Crippen molar-refractivity contribution in [2.45, 2.75) is 6.92 Å². The van der Waals surface area contributed by atoms with E-state index in [1.165, 1.54) is 23.1 Å². The zero-order valence-electron chi connectivity index (χ0n) is 12.2. The second kappa shape index (κ2) is 7.22. The van der Waals surface area contributed by atoms with Gasteiger partial charge in [-0.2, -0.15) is 0 Å². The second-order valence-electron chi connectivity index (χ2n) is 4.50. The summed E-state index contributed by atoms with van der Waals surface area (Å²) in [6, 6.07) is 4.01. The summed E-state index contributed by atoms with van der Waals surface area (Å²) >= 11 is 0. The first-order valence-electron chi connectivity index (χ1n) is 6.37. The van der Waals surface area contributed by atoms with Gasteiger partial charge in [0.05, 0.1) is 11.5 Å². The molecule has 0 saturated carbocycles. The van der Waals surface area contributed by atoms with E-state index in [1.54, 1.807) is 21.0 Å². The van der Waals surface area contributed by atoms with Crippen molar-refractivity contribution < 1.29 is 14.5 Å². The van der Waals surface area contributed by atoms with E-state index in [2.05, 4.69) is 10.6 Å². The van der Waals surface area contributed by atoms with E-state index < -0.39 is 4.92 Å². The van der Waals surface area contributed by atoms with Gasteiger partial charge in [0.2, 0.25) is 5.91 Å². The highest BCUT2D eigenvalue weighted by molar-refractivity contribution is 5.95. The average molecular weight is 294 g/mol. The van der Waals surface area contributed by atoms with Crippen LogP contribution in [0.3, 0.4) is 0 Å². The molecule has 0 saturated heterocycles. The van der Waals surface area contributed by atoms with Crippen LogP contribution in [0.2, 0.25) is 0 Å². The van der Waals surface area contributed by atoms with Crippen LogP contribution in [0.5, 0.6) is 0 Å². The third kappa shape index (κ3) is 4.44. The molecule has 0 fully saturated rings. The Morgan fingerprint density at radius 2 is 2.00 bits per heavy atom. The molecule has 2 N–H and O–H groups in total. The number of anilines is 1. The van der Waals surface area contributed by atoms with Gasteiger partial charge in [0.15, 0.2) is 0 Å². The molecule has 0 unspecified atom stereocenters. The molecular weight excluding hydrogens is 276 g/mol. The van der Waals surface area contributed by atoms with E-state index in [-0.39, 0.29) is 29.7 Å². The Labute approximate surface area is 122 Å². The molecule has 114 valence electrons. The van der Waals surface area contributed by atoms with Crippen molar-refractivity contribution in [1.29, 1.82) is 0 Å². The Kier molecular flexibility index (Phi) is 5.65. The lowest BCUT2D eigenvalue weighted by atomic mass is 10.1. The van der Waals surface area contributed by atoms with Gasteiger partial charge in [-0.25, -0.2) is 0 Å². The maximum Gasteiger partial charge on any atom is 0.292 e. The van der Waals surface area contributed by atoms with Crippen LogP contribution in [0.25, 0.3) is 0 Å². The fourth-order valence-electron chi connectivity index (χ4n) is 1.66. The summed E-state index contributed by atoms with van der Waals surface area (Å²) < 4.78 is 0. The number of hydrogen-bond donors (Lipinski definition) is 2. The smallest absolute Gasteiger partial charge is 0.292 e. The minimum atomic E-state index is -0.566. The van der Waals surface area contributed by atoms with Crippen molar-refractivity contribution in [3.8, 4) is 0 Å². The second-order valence-corrected chi connectivity index (χ2v) is 4.50. The summed E-state index contributed by atoms with van der Waals surface area (Å²) in [5.74, 6) is -0.554. The summed E-state index contributed by atoms with van der Waals surface area (Å²) in [6.45, 7) is 2.15. The first kappa shape index (κ1) is 16.4. The van der Waals surface area contributed by atoms with Gasteiger partial charge >= 0.3 is 0 Å². The molecule has 21 heavy (non-hydrogen) atoms. The Morgan fingerprint density at radius 3 is 2.52 bits per heavy atom. The van der Waals surface area contributed by atoms with Crippen LogP contribution >= 0.6 is 0 Å². The van der Waals surface area contributed by atoms with Gasteiger partial charge in [0.1, 0.15) is 5.69 Å². The molecule has 0 heterocycles. The molecule has 0 aliphatic heterocycles. The normalized spacial score (nSPS) is 9.86. The first-order chi connectivity index (χ1) is 9.86. The maximum atomic E-state index is 11.9. The minimum absolute atomic E-state index is 0.103. The number of nitrogens with zero attached hydrogens (tertiary/aromatic N) is 2. The fourth-order valence-corrected chi connectivity index (χ4v) is 1.66. The first-order valence-corrected chi connectivity index (χ1v) is 6.37. The van der Waals surface area contributed by atoms with Gasteiger partial charge in [0.25, 0.3) is 11.6 Å². The Balaban J connectivity index is 3.02. The molecule has 0 atom stereocenters. The largest absolute Gasteiger partial charge is 0.371 e. The predicted molar refractivity (Wildman–Crippen MR) is 78.3 cm³/mol. The number of carbonyl (C=O) groups is 2. The lowest BCUT2D eigenvalue weighted by molar-refractivity contribution is -0.383. The van der Waals surface area contributed by atoms with E-state index in [9.17, 15) is 19.7 Å². The van der Waals surface area contributed by atoms with Crippen molar-refractivity contribution >= 4 is 23.2 Å². The van der Waals surface area contributed by atoms with Gasteiger partial charge in [-0.15, -0.1) is 0 Å². The maximum absolute atomic E-state index is 11.9. The fraction of sp³-hybridized carbons (Fsp3) is 0.385. The Bertz CT molecular complexity index is 557. The summed E-state index contributed by atoms with van der Waals surface area (Å²) in [6.07, 6.45) is 0. The highest BCUT2D eigenvalue weighted by Crippen LogP contribution is 2.25. The number of nitrogens with one attached hydrogen (secondary N) is 2. The zero-order chi connectivity index (χ0) is 16.0. The number of nitro benzene ring substituents is 1. The molecule has 2 amide bonds. The molecular formula is C13H18N4O4. The zero-order valence-corrected chi connectivity index (χ0v) is 12.2. The van der Waals surface area contributed by atoms with E-state index in [0.717, 1.165) is 0 Å². The molecule has 0 spiro atoms. The molecule has 1 aromatic rings. The molecule has 0 aliphatic rings. The number of amides is 2. The minimum Gasteiger partial charge on any atom is -0.371 e. The number of hydrogen-bond acceptors (Lipinski definition) is 5. The summed E-state index contributed by atoms with van der Waals surface area (Å²) in [5.41, 5.74) is 0.262. The summed E-state index contributed by atoms with van der Waals surface area (Å²) in [5, 5.41) is 16.2. The SMILES string of the molecule is CCNC(=O)CNc1cc(C(=O)N(C)C)ccc1[N+](=O)[O-]. The molecule has 8 heteroatoms. The van der Waals surface area contributed by atoms with Crippen LogP contribution in [0.4, 0.5) is 11.4 Å². The molecule has 0 aliphatic carbocycles. The van der Waals surface area contributed by atoms with Gasteiger partial charge in [-0.1, -0.05) is 0 Å². The molecule has 0 radical (unpaired) electrons. The Morgan fingerprint density at radius 1 is 1.33 bits per heavy atom. The number of carbonyl (C=O) groups excluding carboxylic acids is 2. The molecule has 8 nitrogen and oxygen atoms in total. The highest BCUT2D eigenvalue weighted by Gasteiger charge is 2.18. The number of nitro groups is 1. The number of benzene rings is 1. The quantitative estimate of drug-likeness (QED) is 0.597. The van der Waals surface area contributed by atoms with Crippen LogP contribution in [-0.4, -0.2) is 48.8 Å².